The first-order valence-electron chi connectivity index (χ1n) is 8.45. The van der Waals surface area contributed by atoms with Crippen LogP contribution in [0.4, 0.5) is 0 Å². The summed E-state index contributed by atoms with van der Waals surface area (Å²) in [7, 11) is 2.96. The van der Waals surface area contributed by atoms with Gasteiger partial charge in [0.1, 0.15) is 9.98 Å². The van der Waals surface area contributed by atoms with E-state index in [1.165, 1.54) is 24.1 Å². The number of thiocarbonyl (C=S) groups is 2. The second-order valence-corrected chi connectivity index (χ2v) is 6.77. The fourth-order valence-corrected chi connectivity index (χ4v) is 2.68. The Kier molecular flexibility index (Phi) is 7.53. The maximum atomic E-state index is 12.2. The molecule has 0 aliphatic heterocycles. The molecule has 0 aliphatic rings. The van der Waals surface area contributed by atoms with Crippen LogP contribution in [0.1, 0.15) is 22.3 Å². The maximum Gasteiger partial charge on any atom is 0.329 e. The van der Waals surface area contributed by atoms with Gasteiger partial charge in [0.05, 0.1) is 23.3 Å². The maximum absolute atomic E-state index is 12.2. The van der Waals surface area contributed by atoms with Crippen LogP contribution < -0.4 is 10.9 Å². The van der Waals surface area contributed by atoms with E-state index in [9.17, 15) is 9.59 Å². The van der Waals surface area contributed by atoms with Gasteiger partial charge in [-0.15, -0.1) is 0 Å². The topological polar surface area (TPSA) is 112 Å². The Balaban J connectivity index is 1.98. The molecule has 2 rings (SSSR count). The van der Waals surface area contributed by atoms with Crippen LogP contribution in [0.2, 0.25) is 0 Å². The minimum Gasteiger partial charge on any atom is -0.277 e. The molecule has 0 saturated carbocycles. The van der Waals surface area contributed by atoms with Crippen molar-refractivity contribution < 1.29 is 9.59 Å². The SMILES string of the molecule is CN(NC(=O)C(=O)NN(C)C(=S)c1cccc(C#N)c1)C(=S)c1cccc(C#N)c1. The predicted octanol–water partition coefficient (Wildman–Crippen LogP) is 1.41. The van der Waals surface area contributed by atoms with Gasteiger partial charge in [-0.25, -0.2) is 0 Å². The van der Waals surface area contributed by atoms with Crippen LogP contribution in [0.25, 0.3) is 0 Å². The van der Waals surface area contributed by atoms with Gasteiger partial charge in [-0.2, -0.15) is 10.5 Å². The Hall–Kier alpha value is -3.86. The summed E-state index contributed by atoms with van der Waals surface area (Å²) >= 11 is 10.6. The van der Waals surface area contributed by atoms with Gasteiger partial charge < -0.3 is 0 Å². The number of carbonyl (C=O) groups excluding carboxylic acids is 2. The van der Waals surface area contributed by atoms with E-state index in [4.69, 9.17) is 35.0 Å². The average Bonchev–Trinajstić information content (AvgIpc) is 2.77. The van der Waals surface area contributed by atoms with Crippen LogP contribution >= 0.6 is 24.4 Å². The first kappa shape index (κ1) is 22.4. The Morgan fingerprint density at radius 2 is 1.17 bits per heavy atom. The zero-order valence-corrected chi connectivity index (χ0v) is 17.7. The number of hydrogen-bond donors (Lipinski definition) is 2. The lowest BCUT2D eigenvalue weighted by Crippen LogP contribution is -2.53. The molecule has 0 atom stereocenters. The first-order chi connectivity index (χ1) is 14.3. The fourth-order valence-electron chi connectivity index (χ4n) is 2.34. The van der Waals surface area contributed by atoms with Crippen LogP contribution in [0.15, 0.2) is 48.5 Å². The number of rotatable bonds is 2. The molecule has 0 aromatic heterocycles. The summed E-state index contributed by atoms with van der Waals surface area (Å²) in [6, 6.07) is 17.1. The average molecular weight is 437 g/mol. The molecule has 150 valence electrons. The molecule has 30 heavy (non-hydrogen) atoms. The van der Waals surface area contributed by atoms with Gasteiger partial charge >= 0.3 is 11.8 Å². The van der Waals surface area contributed by atoms with E-state index in [-0.39, 0.29) is 9.98 Å². The van der Waals surface area contributed by atoms with Crippen molar-refractivity contribution in [3.8, 4) is 12.1 Å². The number of carbonyl (C=O) groups is 2. The van der Waals surface area contributed by atoms with Crippen LogP contribution in [0.3, 0.4) is 0 Å². The number of hydrogen-bond acceptors (Lipinski definition) is 6. The molecule has 0 radical (unpaired) electrons. The third-order valence-electron chi connectivity index (χ3n) is 3.83. The van der Waals surface area contributed by atoms with Crippen molar-refractivity contribution in [2.75, 3.05) is 14.1 Å². The molecule has 10 heteroatoms. The second-order valence-electron chi connectivity index (χ2n) is 6.00. The molecular weight excluding hydrogens is 420 g/mol. The standard InChI is InChI=1S/C20H16N6O2S2/c1-25(19(29)15-7-3-5-13(9-15)11-21)23-17(27)18(28)24-26(2)20(30)16-8-4-6-14(10-16)12-22/h3-10H,1-2H3,(H,23,27)(H,24,28). The van der Waals surface area contributed by atoms with Crippen molar-refractivity contribution in [1.82, 2.24) is 20.9 Å². The first-order valence-corrected chi connectivity index (χ1v) is 9.26. The van der Waals surface area contributed by atoms with Crippen molar-refractivity contribution in [3.63, 3.8) is 0 Å². The van der Waals surface area contributed by atoms with E-state index in [1.807, 2.05) is 12.1 Å². The number of benzene rings is 2. The summed E-state index contributed by atoms with van der Waals surface area (Å²) in [5.74, 6) is -1.92. The highest BCUT2D eigenvalue weighted by Gasteiger charge is 2.20. The summed E-state index contributed by atoms with van der Waals surface area (Å²) < 4.78 is 0. The van der Waals surface area contributed by atoms with E-state index in [0.717, 1.165) is 0 Å². The van der Waals surface area contributed by atoms with Gasteiger partial charge in [0.15, 0.2) is 0 Å². The highest BCUT2D eigenvalue weighted by Crippen LogP contribution is 2.08. The van der Waals surface area contributed by atoms with Crippen LogP contribution in [0, 0.1) is 22.7 Å². The molecule has 0 unspecified atom stereocenters. The fraction of sp³-hybridized carbons (Fsp3) is 0.100. The molecule has 0 saturated heterocycles. The molecule has 0 bridgehead atoms. The third kappa shape index (κ3) is 5.58. The largest absolute Gasteiger partial charge is 0.329 e. The van der Waals surface area contributed by atoms with E-state index in [1.54, 1.807) is 48.5 Å². The Morgan fingerprint density at radius 3 is 1.50 bits per heavy atom. The van der Waals surface area contributed by atoms with Crippen molar-refractivity contribution in [2.45, 2.75) is 0 Å². The molecule has 0 heterocycles. The Morgan fingerprint density at radius 1 is 0.800 bits per heavy atom. The summed E-state index contributed by atoms with van der Waals surface area (Å²) in [6.07, 6.45) is 0. The number of nitriles is 2. The van der Waals surface area contributed by atoms with Crippen molar-refractivity contribution >= 4 is 46.2 Å². The van der Waals surface area contributed by atoms with Crippen LogP contribution in [0.5, 0.6) is 0 Å². The minimum atomic E-state index is -0.961. The Labute approximate surface area is 184 Å². The third-order valence-corrected chi connectivity index (χ3v) is 4.85. The van der Waals surface area contributed by atoms with Gasteiger partial charge in [0, 0.05) is 25.2 Å². The second kappa shape index (κ2) is 10.1. The summed E-state index contributed by atoms with van der Waals surface area (Å²) in [6.45, 7) is 0. The lowest BCUT2D eigenvalue weighted by Gasteiger charge is -2.23. The number of hydrazine groups is 2. The lowest BCUT2D eigenvalue weighted by molar-refractivity contribution is -0.142. The van der Waals surface area contributed by atoms with Gasteiger partial charge in [0.25, 0.3) is 0 Å². The van der Waals surface area contributed by atoms with Gasteiger partial charge in [0.2, 0.25) is 0 Å². The molecule has 2 amide bonds. The number of amides is 2. The van der Waals surface area contributed by atoms with Gasteiger partial charge in [-0.05, 0) is 24.3 Å². The van der Waals surface area contributed by atoms with Crippen molar-refractivity contribution in [3.05, 3.63) is 70.8 Å². The van der Waals surface area contributed by atoms with E-state index < -0.39 is 11.8 Å². The smallest absolute Gasteiger partial charge is 0.277 e. The molecule has 2 aromatic carbocycles. The normalized spacial score (nSPS) is 9.47. The molecule has 2 aromatic rings. The molecule has 8 nitrogen and oxygen atoms in total. The van der Waals surface area contributed by atoms with Gasteiger partial charge in [-0.3, -0.25) is 30.5 Å². The van der Waals surface area contributed by atoms with E-state index >= 15 is 0 Å². The molecular formula is C20H16N6O2S2. The lowest BCUT2D eigenvalue weighted by atomic mass is 10.1. The van der Waals surface area contributed by atoms with Crippen molar-refractivity contribution in [1.29, 1.82) is 10.5 Å². The summed E-state index contributed by atoms with van der Waals surface area (Å²) in [4.78, 5) is 24.9. The van der Waals surface area contributed by atoms with Crippen LogP contribution in [-0.4, -0.2) is 45.9 Å². The zero-order valence-electron chi connectivity index (χ0n) is 16.0. The number of nitrogens with one attached hydrogen (secondary N) is 2. The highest BCUT2D eigenvalue weighted by atomic mass is 32.1. The molecule has 0 fully saturated rings. The predicted molar refractivity (Wildman–Crippen MR) is 118 cm³/mol. The van der Waals surface area contributed by atoms with Crippen LogP contribution in [-0.2, 0) is 9.59 Å². The molecule has 0 spiro atoms. The Bertz CT molecular complexity index is 1020. The monoisotopic (exact) mass is 436 g/mol. The molecule has 0 aliphatic carbocycles. The van der Waals surface area contributed by atoms with Crippen molar-refractivity contribution in [2.24, 2.45) is 0 Å². The van der Waals surface area contributed by atoms with E-state index in [0.29, 0.717) is 22.3 Å². The van der Waals surface area contributed by atoms with Gasteiger partial charge in [-0.1, -0.05) is 48.7 Å². The quantitative estimate of drug-likeness (QED) is 0.413. The minimum absolute atomic E-state index is 0.227. The van der Waals surface area contributed by atoms with E-state index in [2.05, 4.69) is 10.9 Å². The zero-order chi connectivity index (χ0) is 22.3. The highest BCUT2D eigenvalue weighted by molar-refractivity contribution is 7.80. The molecule has 2 N–H and O–H groups in total. The summed E-state index contributed by atoms with van der Waals surface area (Å²) in [5, 5.41) is 20.4. The summed E-state index contributed by atoms with van der Waals surface area (Å²) in [5.41, 5.74) is 6.65. The number of nitrogens with zero attached hydrogens (tertiary/aromatic N) is 4.